The molecule has 0 spiro atoms. The van der Waals surface area contributed by atoms with Crippen LogP contribution >= 0.6 is 24.4 Å². The van der Waals surface area contributed by atoms with E-state index in [4.69, 9.17) is 0 Å². The molecule has 0 N–H and O–H groups in total. The smallest absolute Gasteiger partial charge is 0.00599 e. The normalized spacial score (nSPS) is 7.09. The van der Waals surface area contributed by atoms with Crippen LogP contribution in [0.25, 0.3) is 0 Å². The Bertz CT molecular complexity index is 26.7. The van der Waals surface area contributed by atoms with Crippen molar-refractivity contribution in [3.63, 3.8) is 0 Å². The number of hydrogen-bond acceptors (Lipinski definition) is 2. The van der Waals surface area contributed by atoms with Crippen LogP contribution in [-0.4, -0.2) is 17.3 Å². The van der Waals surface area contributed by atoms with Crippen molar-refractivity contribution in [3.05, 3.63) is 0 Å². The van der Waals surface area contributed by atoms with Crippen molar-refractivity contribution in [2.45, 2.75) is 41.0 Å². The first-order chi connectivity index (χ1) is 5.41. The third-order valence-electron chi connectivity index (χ3n) is 0.651. The van der Waals surface area contributed by atoms with Crippen molar-refractivity contribution in [2.75, 3.05) is 17.3 Å². The summed E-state index contributed by atoms with van der Waals surface area (Å²) in [6, 6.07) is 0. The third kappa shape index (κ3) is 36.7. The maximum atomic E-state index is 4.08. The standard InChI is InChI=1S/C5H12S2.2C2H6/c1-2-7-5-3-4-6;2*1-2/h6H,2-5H2,1H3;2*1-2H3. The van der Waals surface area contributed by atoms with Gasteiger partial charge >= 0.3 is 0 Å². The highest BCUT2D eigenvalue weighted by atomic mass is 32.2. The maximum Gasteiger partial charge on any atom is -0.00599 e. The molecule has 72 valence electrons. The van der Waals surface area contributed by atoms with Gasteiger partial charge in [-0.15, -0.1) is 0 Å². The van der Waals surface area contributed by atoms with Crippen molar-refractivity contribution >= 4 is 24.4 Å². The molecule has 11 heavy (non-hydrogen) atoms. The Morgan fingerprint density at radius 2 is 1.55 bits per heavy atom. The van der Waals surface area contributed by atoms with E-state index >= 15 is 0 Å². The summed E-state index contributed by atoms with van der Waals surface area (Å²) in [6.45, 7) is 10.2. The molecule has 0 saturated heterocycles. The average molecular weight is 196 g/mol. The quantitative estimate of drug-likeness (QED) is 0.521. The first-order valence-electron chi connectivity index (χ1n) is 4.60. The van der Waals surface area contributed by atoms with Gasteiger partial charge in [-0.2, -0.15) is 24.4 Å². The zero-order valence-electron chi connectivity index (χ0n) is 8.68. The molecule has 0 atom stereocenters. The number of thioether (sulfide) groups is 1. The number of rotatable bonds is 4. The van der Waals surface area contributed by atoms with Crippen LogP contribution < -0.4 is 0 Å². The van der Waals surface area contributed by atoms with Crippen LogP contribution in [0.1, 0.15) is 41.0 Å². The highest BCUT2D eigenvalue weighted by Crippen LogP contribution is 2.00. The Labute approximate surface area is 82.9 Å². The second kappa shape index (κ2) is 31.0. The molecular formula is C9H24S2. The Hall–Kier alpha value is 0.700. The van der Waals surface area contributed by atoms with Crippen molar-refractivity contribution in [1.29, 1.82) is 0 Å². The fourth-order valence-corrected chi connectivity index (χ4v) is 1.32. The highest BCUT2D eigenvalue weighted by molar-refractivity contribution is 7.99. The minimum absolute atomic E-state index is 1.03. The largest absolute Gasteiger partial charge is 0.179 e. The Balaban J connectivity index is -0.000000138. The van der Waals surface area contributed by atoms with Crippen LogP contribution in [0.4, 0.5) is 0 Å². The van der Waals surface area contributed by atoms with Gasteiger partial charge in [0, 0.05) is 0 Å². The van der Waals surface area contributed by atoms with Gasteiger partial charge < -0.3 is 0 Å². The average Bonchev–Trinajstić information content (AvgIpc) is 2.13. The van der Waals surface area contributed by atoms with E-state index in [2.05, 4.69) is 19.6 Å². The predicted octanol–water partition coefficient (Wildman–Crippen LogP) is 4.11. The Morgan fingerprint density at radius 3 is 1.82 bits per heavy atom. The van der Waals surface area contributed by atoms with Gasteiger partial charge in [0.05, 0.1) is 0 Å². The van der Waals surface area contributed by atoms with Gasteiger partial charge in [0.15, 0.2) is 0 Å². The summed E-state index contributed by atoms with van der Waals surface area (Å²) in [5.74, 6) is 3.56. The van der Waals surface area contributed by atoms with E-state index < -0.39 is 0 Å². The molecule has 0 aromatic rings. The molecule has 0 rings (SSSR count). The second-order valence-corrected chi connectivity index (χ2v) is 3.12. The molecule has 0 radical (unpaired) electrons. The lowest BCUT2D eigenvalue weighted by molar-refractivity contribution is 1.13. The predicted molar refractivity (Wildman–Crippen MR) is 64.2 cm³/mol. The molecular weight excluding hydrogens is 172 g/mol. The second-order valence-electron chi connectivity index (χ2n) is 1.27. The summed E-state index contributed by atoms with van der Waals surface area (Å²) in [4.78, 5) is 0. The SMILES string of the molecule is CC.CC.CCSCCCS. The monoisotopic (exact) mass is 196 g/mol. The van der Waals surface area contributed by atoms with Gasteiger partial charge in [-0.3, -0.25) is 0 Å². The molecule has 0 aliphatic rings. The van der Waals surface area contributed by atoms with Gasteiger partial charge in [-0.05, 0) is 23.7 Å². The lowest BCUT2D eigenvalue weighted by Gasteiger charge is -1.90. The lowest BCUT2D eigenvalue weighted by Crippen LogP contribution is -1.79. The van der Waals surface area contributed by atoms with Gasteiger partial charge in [0.2, 0.25) is 0 Å². The van der Waals surface area contributed by atoms with Gasteiger partial charge in [-0.25, -0.2) is 0 Å². The van der Waals surface area contributed by atoms with Crippen molar-refractivity contribution < 1.29 is 0 Å². The fraction of sp³-hybridized carbons (Fsp3) is 1.00. The Kier molecular flexibility index (Phi) is 49.9. The van der Waals surface area contributed by atoms with Gasteiger partial charge in [0.25, 0.3) is 0 Å². The van der Waals surface area contributed by atoms with E-state index in [1.165, 1.54) is 17.9 Å². The molecule has 0 amide bonds. The van der Waals surface area contributed by atoms with Crippen LogP contribution in [0.5, 0.6) is 0 Å². The highest BCUT2D eigenvalue weighted by Gasteiger charge is 1.80. The van der Waals surface area contributed by atoms with Gasteiger partial charge in [-0.1, -0.05) is 34.6 Å². The molecule has 0 fully saturated rings. The number of thiol groups is 1. The zero-order chi connectivity index (χ0) is 9.54. The molecule has 0 bridgehead atoms. The summed E-state index contributed by atoms with van der Waals surface area (Å²) >= 11 is 6.06. The third-order valence-corrected chi connectivity index (χ3v) is 1.95. The first kappa shape index (κ1) is 17.7. The molecule has 0 saturated carbocycles. The Morgan fingerprint density at radius 1 is 1.09 bits per heavy atom. The summed E-state index contributed by atoms with van der Waals surface area (Å²) in [7, 11) is 0. The van der Waals surface area contributed by atoms with E-state index in [1.54, 1.807) is 0 Å². The molecule has 0 nitrogen and oxygen atoms in total. The van der Waals surface area contributed by atoms with Crippen LogP contribution in [0.2, 0.25) is 0 Å². The van der Waals surface area contributed by atoms with Crippen LogP contribution in [0, 0.1) is 0 Å². The summed E-state index contributed by atoms with van der Waals surface area (Å²) in [5, 5.41) is 0. The van der Waals surface area contributed by atoms with Crippen LogP contribution in [0.3, 0.4) is 0 Å². The minimum atomic E-state index is 1.03. The first-order valence-corrected chi connectivity index (χ1v) is 6.39. The van der Waals surface area contributed by atoms with Crippen LogP contribution in [0.15, 0.2) is 0 Å². The maximum absolute atomic E-state index is 4.08. The minimum Gasteiger partial charge on any atom is -0.179 e. The molecule has 0 aromatic carbocycles. The molecule has 0 unspecified atom stereocenters. The molecule has 2 heteroatoms. The molecule has 0 heterocycles. The van der Waals surface area contributed by atoms with Gasteiger partial charge in [0.1, 0.15) is 0 Å². The number of hydrogen-bond donors (Lipinski definition) is 1. The van der Waals surface area contributed by atoms with E-state index in [0.717, 1.165) is 5.75 Å². The van der Waals surface area contributed by atoms with Crippen molar-refractivity contribution in [1.82, 2.24) is 0 Å². The van der Waals surface area contributed by atoms with E-state index in [-0.39, 0.29) is 0 Å². The van der Waals surface area contributed by atoms with Crippen molar-refractivity contribution in [2.24, 2.45) is 0 Å². The molecule has 0 aliphatic carbocycles. The summed E-state index contributed by atoms with van der Waals surface area (Å²) < 4.78 is 0. The summed E-state index contributed by atoms with van der Waals surface area (Å²) in [5.41, 5.74) is 0. The van der Waals surface area contributed by atoms with Crippen molar-refractivity contribution in [3.8, 4) is 0 Å². The lowest BCUT2D eigenvalue weighted by atomic mass is 10.6. The topological polar surface area (TPSA) is 0 Å². The molecule has 0 aromatic heterocycles. The van der Waals surface area contributed by atoms with E-state index in [9.17, 15) is 0 Å². The summed E-state index contributed by atoms with van der Waals surface area (Å²) in [6.07, 6.45) is 1.25. The fourth-order valence-electron chi connectivity index (χ4n) is 0.311. The van der Waals surface area contributed by atoms with E-state index in [0.29, 0.717) is 0 Å². The van der Waals surface area contributed by atoms with Crippen LogP contribution in [-0.2, 0) is 0 Å². The zero-order valence-corrected chi connectivity index (χ0v) is 10.4. The molecule has 0 aliphatic heterocycles. The van der Waals surface area contributed by atoms with E-state index in [1.807, 2.05) is 39.5 Å².